The highest BCUT2D eigenvalue weighted by Gasteiger charge is 2.67. The van der Waals surface area contributed by atoms with Crippen LogP contribution in [-0.4, -0.2) is 76.9 Å². The van der Waals surface area contributed by atoms with Crippen molar-refractivity contribution in [1.29, 1.82) is 0 Å². The lowest BCUT2D eigenvalue weighted by molar-refractivity contribution is -0.148. The number of fused-ring (bicyclic) bond motifs is 1. The van der Waals surface area contributed by atoms with E-state index in [2.05, 4.69) is 0 Å². The minimum absolute atomic E-state index is 0.00338. The summed E-state index contributed by atoms with van der Waals surface area (Å²) >= 11 is 0. The monoisotopic (exact) mass is 350 g/mol. The Bertz CT molecular complexity index is 641. The maximum absolute atomic E-state index is 12.9. The fraction of sp³-hybridized carbons (Fsp3) is 0.706. The van der Waals surface area contributed by atoms with Gasteiger partial charge in [0.05, 0.1) is 25.2 Å². The number of likely N-dealkylation sites (tertiary alicyclic amines) is 2. The molecule has 3 saturated heterocycles. The van der Waals surface area contributed by atoms with Gasteiger partial charge in [-0.2, -0.15) is 0 Å². The number of nitrogens with zero attached hydrogens (tertiary/aromatic N) is 2. The summed E-state index contributed by atoms with van der Waals surface area (Å²) in [6.45, 7) is 3.58. The minimum atomic E-state index is -0.978. The van der Waals surface area contributed by atoms with Crippen molar-refractivity contribution in [1.82, 2.24) is 9.80 Å². The van der Waals surface area contributed by atoms with Crippen LogP contribution in [0.15, 0.2) is 12.2 Å². The molecule has 1 spiro atoms. The van der Waals surface area contributed by atoms with Gasteiger partial charge in [-0.15, -0.1) is 0 Å². The normalized spacial score (nSPS) is 36.8. The smallest absolute Gasteiger partial charge is 0.409 e. The van der Waals surface area contributed by atoms with Gasteiger partial charge in [0.25, 0.3) is 0 Å². The Kier molecular flexibility index (Phi) is 3.75. The van der Waals surface area contributed by atoms with Gasteiger partial charge >= 0.3 is 12.1 Å². The average Bonchev–Trinajstić information content (AvgIpc) is 3.23. The van der Waals surface area contributed by atoms with Crippen molar-refractivity contribution in [3.63, 3.8) is 0 Å². The first-order chi connectivity index (χ1) is 12.0. The number of rotatable bonds is 3. The van der Waals surface area contributed by atoms with Crippen LogP contribution in [0.2, 0.25) is 0 Å². The number of ether oxygens (including phenoxy) is 2. The van der Waals surface area contributed by atoms with Crippen molar-refractivity contribution >= 4 is 18.0 Å². The molecule has 136 valence electrons. The second-order valence-electron chi connectivity index (χ2n) is 7.12. The molecule has 8 nitrogen and oxygen atoms in total. The van der Waals surface area contributed by atoms with Crippen molar-refractivity contribution < 1.29 is 29.0 Å². The van der Waals surface area contributed by atoms with Crippen LogP contribution >= 0.6 is 0 Å². The predicted molar refractivity (Wildman–Crippen MR) is 84.7 cm³/mol. The summed E-state index contributed by atoms with van der Waals surface area (Å²) in [4.78, 5) is 39.8. The Morgan fingerprint density at radius 3 is 2.76 bits per heavy atom. The summed E-state index contributed by atoms with van der Waals surface area (Å²) in [5.74, 6) is -2.55. The van der Waals surface area contributed by atoms with Gasteiger partial charge in [-0.3, -0.25) is 9.59 Å². The summed E-state index contributed by atoms with van der Waals surface area (Å²) in [6.07, 6.45) is 4.15. The predicted octanol–water partition coefficient (Wildman–Crippen LogP) is 0.474. The van der Waals surface area contributed by atoms with E-state index in [4.69, 9.17) is 9.47 Å². The average molecular weight is 350 g/mol. The largest absolute Gasteiger partial charge is 0.481 e. The molecule has 4 aliphatic rings. The van der Waals surface area contributed by atoms with Crippen LogP contribution in [0, 0.1) is 11.8 Å². The van der Waals surface area contributed by atoms with Gasteiger partial charge in [0, 0.05) is 19.1 Å². The number of carboxylic acids is 1. The number of hydrogen-bond donors (Lipinski definition) is 1. The van der Waals surface area contributed by atoms with Crippen LogP contribution in [-0.2, 0) is 19.1 Å². The molecule has 4 rings (SSSR count). The van der Waals surface area contributed by atoms with E-state index >= 15 is 0 Å². The maximum Gasteiger partial charge on any atom is 0.409 e. The summed E-state index contributed by atoms with van der Waals surface area (Å²) in [6, 6.07) is 0.00338. The molecule has 4 aliphatic heterocycles. The van der Waals surface area contributed by atoms with Gasteiger partial charge in [0.1, 0.15) is 11.5 Å². The van der Waals surface area contributed by atoms with E-state index in [0.717, 1.165) is 0 Å². The molecular weight excluding hydrogens is 328 g/mol. The molecule has 0 radical (unpaired) electrons. The standard InChI is InChI=1S/C17H22N2O6/c1-2-24-16(23)18-7-4-10(5-8-18)19-9-17-6-3-11(25-17)12(15(21)22)13(17)14(19)20/h3,6,10-13H,2,4-5,7-9H2,1H3,(H,21,22)/t11-,12+,13-,17-/m1/s1. The van der Waals surface area contributed by atoms with E-state index in [-0.39, 0.29) is 18.0 Å². The molecule has 0 saturated carbocycles. The molecule has 8 heteroatoms. The van der Waals surface area contributed by atoms with Crippen molar-refractivity contribution in [2.45, 2.75) is 37.5 Å². The Morgan fingerprint density at radius 1 is 1.40 bits per heavy atom. The third kappa shape index (κ3) is 2.34. The molecule has 0 aromatic rings. The Hall–Kier alpha value is -2.09. The van der Waals surface area contributed by atoms with Crippen LogP contribution < -0.4 is 0 Å². The Balaban J connectivity index is 1.46. The first-order valence-electron chi connectivity index (χ1n) is 8.79. The molecule has 0 aromatic carbocycles. The number of aliphatic carboxylic acids is 1. The number of carbonyl (C=O) groups is 3. The fourth-order valence-electron chi connectivity index (χ4n) is 4.69. The molecule has 2 amide bonds. The summed E-state index contributed by atoms with van der Waals surface area (Å²) in [5.41, 5.74) is -0.789. The second kappa shape index (κ2) is 5.72. The first kappa shape index (κ1) is 16.4. The molecular formula is C17H22N2O6. The highest BCUT2D eigenvalue weighted by Crippen LogP contribution is 2.52. The van der Waals surface area contributed by atoms with Crippen molar-refractivity contribution in [3.8, 4) is 0 Å². The zero-order chi connectivity index (χ0) is 17.8. The zero-order valence-electron chi connectivity index (χ0n) is 14.1. The number of piperidine rings is 1. The Labute approximate surface area is 145 Å². The SMILES string of the molecule is CCOC(=O)N1CCC(N2C[C@@]34C=C[C@@H](O3)[C@H](C(=O)O)[C@@H]4C2=O)CC1. The van der Waals surface area contributed by atoms with Crippen molar-refractivity contribution in [2.24, 2.45) is 11.8 Å². The molecule has 4 heterocycles. The first-order valence-corrected chi connectivity index (χ1v) is 8.79. The van der Waals surface area contributed by atoms with E-state index < -0.39 is 29.5 Å². The lowest BCUT2D eigenvalue weighted by Crippen LogP contribution is -2.48. The maximum atomic E-state index is 12.9. The van der Waals surface area contributed by atoms with Crippen molar-refractivity contribution in [3.05, 3.63) is 12.2 Å². The molecule has 0 aliphatic carbocycles. The molecule has 0 unspecified atom stereocenters. The number of carbonyl (C=O) groups excluding carboxylic acids is 2. The summed E-state index contributed by atoms with van der Waals surface area (Å²) < 4.78 is 10.9. The van der Waals surface area contributed by atoms with Gasteiger partial charge in [0.15, 0.2) is 0 Å². The van der Waals surface area contributed by atoms with Crippen LogP contribution in [0.25, 0.3) is 0 Å². The number of hydrogen-bond acceptors (Lipinski definition) is 5. The molecule has 4 atom stereocenters. The van der Waals surface area contributed by atoms with E-state index in [1.807, 2.05) is 6.08 Å². The van der Waals surface area contributed by atoms with Crippen LogP contribution in [0.3, 0.4) is 0 Å². The molecule has 3 fully saturated rings. The van der Waals surface area contributed by atoms with Gasteiger partial charge in [0.2, 0.25) is 5.91 Å². The van der Waals surface area contributed by atoms with Gasteiger partial charge in [-0.05, 0) is 19.8 Å². The summed E-state index contributed by atoms with van der Waals surface area (Å²) in [5, 5.41) is 9.50. The second-order valence-corrected chi connectivity index (χ2v) is 7.12. The van der Waals surface area contributed by atoms with Gasteiger partial charge in [-0.25, -0.2) is 4.79 Å². The zero-order valence-corrected chi connectivity index (χ0v) is 14.1. The van der Waals surface area contributed by atoms with E-state index in [1.165, 1.54) is 0 Å². The number of amides is 2. The van der Waals surface area contributed by atoms with E-state index in [9.17, 15) is 19.5 Å². The molecule has 2 bridgehead atoms. The highest BCUT2D eigenvalue weighted by molar-refractivity contribution is 5.91. The third-order valence-corrected chi connectivity index (χ3v) is 5.85. The molecule has 1 N–H and O–H groups in total. The van der Waals surface area contributed by atoms with Crippen LogP contribution in [0.4, 0.5) is 4.79 Å². The molecule has 0 aromatic heterocycles. The summed E-state index contributed by atoms with van der Waals surface area (Å²) in [7, 11) is 0. The quantitative estimate of drug-likeness (QED) is 0.744. The van der Waals surface area contributed by atoms with Crippen LogP contribution in [0.1, 0.15) is 19.8 Å². The van der Waals surface area contributed by atoms with Crippen LogP contribution in [0.5, 0.6) is 0 Å². The highest BCUT2D eigenvalue weighted by atomic mass is 16.6. The van der Waals surface area contributed by atoms with Crippen molar-refractivity contribution in [2.75, 3.05) is 26.2 Å². The molecule has 25 heavy (non-hydrogen) atoms. The number of carboxylic acid groups (broad SMARTS) is 1. The minimum Gasteiger partial charge on any atom is -0.481 e. The Morgan fingerprint density at radius 2 is 2.12 bits per heavy atom. The fourth-order valence-corrected chi connectivity index (χ4v) is 4.69. The van der Waals surface area contributed by atoms with Gasteiger partial charge < -0.3 is 24.4 Å². The lowest BCUT2D eigenvalue weighted by Gasteiger charge is -2.37. The third-order valence-electron chi connectivity index (χ3n) is 5.85. The van der Waals surface area contributed by atoms with E-state index in [1.54, 1.807) is 22.8 Å². The lowest BCUT2D eigenvalue weighted by atomic mass is 9.77. The van der Waals surface area contributed by atoms with E-state index in [0.29, 0.717) is 39.1 Å². The topological polar surface area (TPSA) is 96.4 Å². The van der Waals surface area contributed by atoms with Gasteiger partial charge in [-0.1, -0.05) is 12.2 Å².